The minimum absolute atomic E-state index is 0.187. The summed E-state index contributed by atoms with van der Waals surface area (Å²) in [5.41, 5.74) is 3.00. The van der Waals surface area contributed by atoms with Gasteiger partial charge in [-0.3, -0.25) is 14.4 Å². The van der Waals surface area contributed by atoms with Gasteiger partial charge >= 0.3 is 0 Å². The van der Waals surface area contributed by atoms with Gasteiger partial charge in [-0.1, -0.05) is 72.5 Å². The number of ether oxygens (including phenoxy) is 1. The largest absolute Gasteiger partial charge is 0.457 e. The molecule has 1 aliphatic heterocycles. The summed E-state index contributed by atoms with van der Waals surface area (Å²) >= 11 is 0. The molecule has 0 saturated carbocycles. The summed E-state index contributed by atoms with van der Waals surface area (Å²) in [5, 5.41) is 27.9. The molecule has 4 aromatic carbocycles. The lowest BCUT2D eigenvalue weighted by Gasteiger charge is -2.26. The van der Waals surface area contributed by atoms with Crippen molar-refractivity contribution in [1.29, 1.82) is 0 Å². The number of para-hydroxylation sites is 1. The minimum Gasteiger partial charge on any atom is -0.457 e. The van der Waals surface area contributed by atoms with Crippen molar-refractivity contribution in [2.24, 2.45) is 5.92 Å². The molecule has 9 heteroatoms. The maximum absolute atomic E-state index is 13.6. The first-order chi connectivity index (χ1) is 22.4. The second-order valence-electron chi connectivity index (χ2n) is 11.0. The standard InChI is InChI=1S/C37H37N3O6/c1-26(42)34-33(25-41)46-40(24-29-11-8-10-27(22-29)12-9-21-38-36(43)30-13-4-2-5-14-30)35(34)37(44)39-23-28-17-19-32(20-18-28)45-31-15-6-3-7-16-31/h2-8,10-11,13-20,22,26,33-35,41-42H,21,23-25H2,1H3,(H,38,43)(H,39,44)/t26-,33-,34+,35-/m1/s1. The van der Waals surface area contributed by atoms with Crippen molar-refractivity contribution < 1.29 is 29.4 Å². The summed E-state index contributed by atoms with van der Waals surface area (Å²) in [7, 11) is 0. The van der Waals surface area contributed by atoms with Gasteiger partial charge in [0.15, 0.2) is 0 Å². The smallest absolute Gasteiger partial charge is 0.252 e. The summed E-state index contributed by atoms with van der Waals surface area (Å²) in [6.07, 6.45) is -1.66. The van der Waals surface area contributed by atoms with Crippen molar-refractivity contribution in [2.75, 3.05) is 13.2 Å². The second-order valence-corrected chi connectivity index (χ2v) is 11.0. The molecule has 1 fully saturated rings. The summed E-state index contributed by atoms with van der Waals surface area (Å²) < 4.78 is 5.85. The van der Waals surface area contributed by atoms with E-state index in [0.29, 0.717) is 11.3 Å². The first kappa shape index (κ1) is 32.4. The fourth-order valence-corrected chi connectivity index (χ4v) is 5.36. The van der Waals surface area contributed by atoms with Crippen molar-refractivity contribution in [1.82, 2.24) is 15.7 Å². The molecular weight excluding hydrogens is 582 g/mol. The fourth-order valence-electron chi connectivity index (χ4n) is 5.36. The molecule has 0 bridgehead atoms. The Morgan fingerprint density at radius 1 is 0.891 bits per heavy atom. The van der Waals surface area contributed by atoms with Gasteiger partial charge < -0.3 is 25.6 Å². The monoisotopic (exact) mass is 619 g/mol. The van der Waals surface area contributed by atoms with Crippen LogP contribution in [0.3, 0.4) is 0 Å². The maximum atomic E-state index is 13.6. The molecule has 2 amide bonds. The van der Waals surface area contributed by atoms with Gasteiger partial charge in [0.05, 0.1) is 25.8 Å². The van der Waals surface area contributed by atoms with E-state index in [-0.39, 0.29) is 38.1 Å². The van der Waals surface area contributed by atoms with Crippen LogP contribution in [0.15, 0.2) is 109 Å². The number of hydrogen-bond donors (Lipinski definition) is 4. The Hall–Kier alpha value is -4.98. The van der Waals surface area contributed by atoms with E-state index in [1.807, 2.05) is 84.9 Å². The summed E-state index contributed by atoms with van der Waals surface area (Å²) in [6.45, 7) is 1.92. The third kappa shape index (κ3) is 8.59. The van der Waals surface area contributed by atoms with Crippen LogP contribution < -0.4 is 15.4 Å². The van der Waals surface area contributed by atoms with Crippen LogP contribution in [0.1, 0.15) is 34.0 Å². The van der Waals surface area contributed by atoms with Crippen LogP contribution in [0.5, 0.6) is 11.5 Å². The van der Waals surface area contributed by atoms with E-state index < -0.39 is 24.2 Å². The highest BCUT2D eigenvalue weighted by Gasteiger charge is 2.49. The number of carbonyl (C=O) groups is 2. The predicted molar refractivity (Wildman–Crippen MR) is 173 cm³/mol. The molecular formula is C37H37N3O6. The van der Waals surface area contributed by atoms with Gasteiger partial charge in [-0.05, 0) is 66.6 Å². The molecule has 0 aromatic heterocycles. The van der Waals surface area contributed by atoms with E-state index in [0.717, 1.165) is 22.4 Å². The number of hydrogen-bond acceptors (Lipinski definition) is 7. The van der Waals surface area contributed by atoms with E-state index >= 15 is 0 Å². The van der Waals surface area contributed by atoms with Crippen molar-refractivity contribution >= 4 is 11.8 Å². The number of aliphatic hydroxyl groups excluding tert-OH is 2. The van der Waals surface area contributed by atoms with Crippen LogP contribution in [-0.4, -0.2) is 58.5 Å². The van der Waals surface area contributed by atoms with Gasteiger partial charge in [-0.15, -0.1) is 0 Å². The lowest BCUT2D eigenvalue weighted by atomic mass is 9.89. The molecule has 0 aliphatic carbocycles. The van der Waals surface area contributed by atoms with Crippen LogP contribution >= 0.6 is 0 Å². The molecule has 0 unspecified atom stereocenters. The van der Waals surface area contributed by atoms with Gasteiger partial charge in [0.1, 0.15) is 23.6 Å². The molecule has 4 atom stereocenters. The molecule has 1 aliphatic rings. The molecule has 0 spiro atoms. The number of amides is 2. The van der Waals surface area contributed by atoms with Gasteiger partial charge in [-0.25, -0.2) is 0 Å². The van der Waals surface area contributed by atoms with E-state index in [1.165, 1.54) is 5.06 Å². The van der Waals surface area contributed by atoms with Crippen molar-refractivity contribution in [3.63, 3.8) is 0 Å². The molecule has 46 heavy (non-hydrogen) atoms. The summed E-state index contributed by atoms with van der Waals surface area (Å²) in [4.78, 5) is 31.9. The highest BCUT2D eigenvalue weighted by molar-refractivity contribution is 5.94. The van der Waals surface area contributed by atoms with Crippen molar-refractivity contribution in [3.05, 3.63) is 131 Å². The Morgan fingerprint density at radius 3 is 2.28 bits per heavy atom. The van der Waals surface area contributed by atoms with Crippen molar-refractivity contribution in [3.8, 4) is 23.3 Å². The van der Waals surface area contributed by atoms with E-state index in [4.69, 9.17) is 9.57 Å². The molecule has 4 aromatic rings. The zero-order valence-corrected chi connectivity index (χ0v) is 25.5. The molecule has 0 radical (unpaired) electrons. The Morgan fingerprint density at radius 2 is 1.59 bits per heavy atom. The Balaban J connectivity index is 1.22. The number of benzene rings is 4. The van der Waals surface area contributed by atoms with Gasteiger partial charge in [0, 0.05) is 23.6 Å². The minimum atomic E-state index is -0.907. The van der Waals surface area contributed by atoms with Crippen LogP contribution in [-0.2, 0) is 22.7 Å². The average molecular weight is 620 g/mol. The average Bonchev–Trinajstić information content (AvgIpc) is 3.46. The van der Waals surface area contributed by atoms with Crippen LogP contribution in [0.25, 0.3) is 0 Å². The molecule has 5 rings (SSSR count). The maximum Gasteiger partial charge on any atom is 0.252 e. The fraction of sp³-hybridized carbons (Fsp3) is 0.243. The molecule has 1 saturated heterocycles. The third-order valence-electron chi connectivity index (χ3n) is 7.62. The summed E-state index contributed by atoms with van der Waals surface area (Å²) in [5.74, 6) is 6.28. The molecule has 4 N–H and O–H groups in total. The zero-order valence-electron chi connectivity index (χ0n) is 25.5. The Labute approximate surface area is 268 Å². The molecule has 236 valence electrons. The van der Waals surface area contributed by atoms with Crippen molar-refractivity contribution in [2.45, 2.75) is 38.3 Å². The Kier molecular flexibility index (Phi) is 11.2. The summed E-state index contributed by atoms with van der Waals surface area (Å²) in [6, 6.07) is 32.5. The normalized spacial score (nSPS) is 18.2. The first-order valence-electron chi connectivity index (χ1n) is 15.1. The zero-order chi connectivity index (χ0) is 32.3. The quantitative estimate of drug-likeness (QED) is 0.187. The number of aliphatic hydroxyl groups is 2. The third-order valence-corrected chi connectivity index (χ3v) is 7.62. The second kappa shape index (κ2) is 15.8. The highest BCUT2D eigenvalue weighted by atomic mass is 16.7. The van der Waals surface area contributed by atoms with E-state index in [9.17, 15) is 19.8 Å². The lowest BCUT2D eigenvalue weighted by molar-refractivity contribution is -0.181. The van der Waals surface area contributed by atoms with Crippen LogP contribution in [0.4, 0.5) is 0 Å². The Bertz CT molecular complexity index is 1650. The van der Waals surface area contributed by atoms with Crippen LogP contribution in [0.2, 0.25) is 0 Å². The van der Waals surface area contributed by atoms with E-state index in [1.54, 1.807) is 31.2 Å². The lowest BCUT2D eigenvalue weighted by Crippen LogP contribution is -2.48. The van der Waals surface area contributed by atoms with Gasteiger partial charge in [0.25, 0.3) is 5.91 Å². The van der Waals surface area contributed by atoms with E-state index in [2.05, 4.69) is 22.5 Å². The number of rotatable bonds is 11. The first-order valence-corrected chi connectivity index (χ1v) is 15.1. The number of nitrogens with one attached hydrogen (secondary N) is 2. The highest BCUT2D eigenvalue weighted by Crippen LogP contribution is 2.32. The van der Waals surface area contributed by atoms with Gasteiger partial charge in [-0.2, -0.15) is 5.06 Å². The molecule has 9 nitrogen and oxygen atoms in total. The number of carbonyl (C=O) groups excluding carboxylic acids is 2. The number of hydroxylamine groups is 2. The van der Waals surface area contributed by atoms with Gasteiger partial charge in [0.2, 0.25) is 5.91 Å². The predicted octanol–water partition coefficient (Wildman–Crippen LogP) is 4.05. The topological polar surface area (TPSA) is 120 Å². The van der Waals surface area contributed by atoms with Crippen LogP contribution in [0, 0.1) is 17.8 Å². The molecule has 1 heterocycles. The SMILES string of the molecule is C[C@@H](O)[C@H]1[C@@H](CO)ON(Cc2cccc(C#CCNC(=O)c3ccccc3)c2)[C@H]1C(=O)NCc1ccc(Oc2ccccc2)cc1. The number of nitrogens with zero attached hydrogens (tertiary/aromatic N) is 1.